The molecule has 24 heavy (non-hydrogen) atoms. The number of aromatic nitrogens is 2. The molecule has 0 saturated heterocycles. The molecule has 1 heterocycles. The zero-order chi connectivity index (χ0) is 17.1. The molecule has 1 unspecified atom stereocenters. The maximum absolute atomic E-state index is 14.8. The SMILES string of the molecule is C=C(NC)c1cccc2c(N(F)CC3C=C(C)C=CC3)ncnc12. The smallest absolute Gasteiger partial charge is 0.168 e. The van der Waals surface area contributed by atoms with Gasteiger partial charge in [-0.3, -0.25) is 0 Å². The van der Waals surface area contributed by atoms with Gasteiger partial charge in [0.15, 0.2) is 5.82 Å². The third-order valence-corrected chi connectivity index (χ3v) is 4.21. The summed E-state index contributed by atoms with van der Waals surface area (Å²) >= 11 is 0. The van der Waals surface area contributed by atoms with Crippen LogP contribution in [0.25, 0.3) is 16.6 Å². The van der Waals surface area contributed by atoms with Crippen molar-refractivity contribution in [3.63, 3.8) is 0 Å². The first kappa shape index (κ1) is 16.2. The monoisotopic (exact) mass is 324 g/mol. The fraction of sp³-hybridized carbons (Fsp3) is 0.263. The highest BCUT2D eigenvalue weighted by Gasteiger charge is 2.18. The van der Waals surface area contributed by atoms with E-state index in [1.807, 2.05) is 25.1 Å². The molecule has 1 aliphatic carbocycles. The second-order valence-electron chi connectivity index (χ2n) is 5.98. The molecule has 0 amide bonds. The summed E-state index contributed by atoms with van der Waals surface area (Å²) in [5.74, 6) is 0.437. The van der Waals surface area contributed by atoms with E-state index in [-0.39, 0.29) is 12.5 Å². The largest absolute Gasteiger partial charge is 0.388 e. The molecule has 1 aliphatic rings. The van der Waals surface area contributed by atoms with Crippen molar-refractivity contribution in [3.8, 4) is 0 Å². The van der Waals surface area contributed by atoms with E-state index < -0.39 is 0 Å². The van der Waals surface area contributed by atoms with E-state index in [4.69, 9.17) is 0 Å². The van der Waals surface area contributed by atoms with Crippen LogP contribution < -0.4 is 10.4 Å². The number of nitrogens with zero attached hydrogens (tertiary/aromatic N) is 3. The minimum absolute atomic E-state index is 0.139. The van der Waals surface area contributed by atoms with Crippen LogP contribution in [0.15, 0.2) is 54.9 Å². The summed E-state index contributed by atoms with van der Waals surface area (Å²) in [7, 11) is 1.80. The number of allylic oxidation sites excluding steroid dienone is 3. The molecule has 124 valence electrons. The van der Waals surface area contributed by atoms with Gasteiger partial charge in [-0.15, -0.1) is 0 Å². The molecule has 1 aromatic carbocycles. The predicted molar refractivity (Wildman–Crippen MR) is 97.1 cm³/mol. The first-order chi connectivity index (χ1) is 11.6. The average Bonchev–Trinajstić information content (AvgIpc) is 2.60. The minimum Gasteiger partial charge on any atom is -0.388 e. The van der Waals surface area contributed by atoms with Crippen LogP contribution in [0.1, 0.15) is 18.9 Å². The average molecular weight is 324 g/mol. The summed E-state index contributed by atoms with van der Waals surface area (Å²) in [5, 5.41) is 4.42. The topological polar surface area (TPSA) is 41.0 Å². The molecular weight excluding hydrogens is 303 g/mol. The molecular formula is C19H21FN4. The Morgan fingerprint density at radius 2 is 2.25 bits per heavy atom. The molecule has 1 N–H and O–H groups in total. The predicted octanol–water partition coefficient (Wildman–Crippen LogP) is 4.03. The second-order valence-corrected chi connectivity index (χ2v) is 5.98. The third kappa shape index (κ3) is 3.15. The van der Waals surface area contributed by atoms with Gasteiger partial charge in [0.05, 0.1) is 12.1 Å². The maximum Gasteiger partial charge on any atom is 0.168 e. The zero-order valence-corrected chi connectivity index (χ0v) is 14.0. The molecule has 5 heteroatoms. The number of fused-ring (bicyclic) bond motifs is 1. The van der Waals surface area contributed by atoms with Crippen LogP contribution >= 0.6 is 0 Å². The Hall–Kier alpha value is -2.69. The van der Waals surface area contributed by atoms with Gasteiger partial charge in [0, 0.05) is 29.6 Å². The lowest BCUT2D eigenvalue weighted by molar-refractivity contribution is 0.398. The van der Waals surface area contributed by atoms with E-state index in [9.17, 15) is 4.48 Å². The van der Waals surface area contributed by atoms with Crippen LogP contribution in [0.3, 0.4) is 0 Å². The Labute approximate surface area is 141 Å². The van der Waals surface area contributed by atoms with Gasteiger partial charge in [0.1, 0.15) is 6.33 Å². The van der Waals surface area contributed by atoms with Crippen molar-refractivity contribution in [2.75, 3.05) is 18.7 Å². The van der Waals surface area contributed by atoms with Crippen LogP contribution in [-0.2, 0) is 0 Å². The van der Waals surface area contributed by atoms with Crippen molar-refractivity contribution in [1.82, 2.24) is 15.3 Å². The van der Waals surface area contributed by atoms with Crippen LogP contribution in [0.2, 0.25) is 0 Å². The highest BCUT2D eigenvalue weighted by atomic mass is 19.2. The van der Waals surface area contributed by atoms with E-state index in [2.05, 4.69) is 40.1 Å². The van der Waals surface area contributed by atoms with Gasteiger partial charge in [0.25, 0.3) is 0 Å². The molecule has 0 saturated carbocycles. The fourth-order valence-corrected chi connectivity index (χ4v) is 2.99. The summed E-state index contributed by atoms with van der Waals surface area (Å²) in [6, 6.07) is 5.62. The lowest BCUT2D eigenvalue weighted by atomic mass is 9.97. The van der Waals surface area contributed by atoms with Gasteiger partial charge in [-0.05, 0) is 19.4 Å². The van der Waals surface area contributed by atoms with Crippen LogP contribution in [-0.4, -0.2) is 23.6 Å². The van der Waals surface area contributed by atoms with Gasteiger partial charge >= 0.3 is 0 Å². The van der Waals surface area contributed by atoms with E-state index >= 15 is 0 Å². The standard InChI is InChI=1S/C19H21FN4/c1-13-6-4-7-15(10-13)11-24(20)19-17-9-5-8-16(14(2)21-3)18(17)22-12-23-19/h4-6,8-10,12,15,21H,2,7,11H2,1,3H3. The quantitative estimate of drug-likeness (QED) is 0.843. The summed E-state index contributed by atoms with van der Waals surface area (Å²) < 4.78 is 14.8. The molecule has 0 spiro atoms. The van der Waals surface area contributed by atoms with Crippen molar-refractivity contribution in [1.29, 1.82) is 0 Å². The Morgan fingerprint density at radius 1 is 1.42 bits per heavy atom. The number of benzene rings is 1. The molecule has 3 rings (SSSR count). The first-order valence-corrected chi connectivity index (χ1v) is 7.99. The molecule has 2 aromatic rings. The fourth-order valence-electron chi connectivity index (χ4n) is 2.99. The Kier molecular flexibility index (Phi) is 4.60. The molecule has 0 aliphatic heterocycles. The number of halogens is 1. The second kappa shape index (κ2) is 6.83. The number of anilines is 1. The van der Waals surface area contributed by atoms with Gasteiger partial charge in [-0.2, -0.15) is 5.12 Å². The van der Waals surface area contributed by atoms with Crippen molar-refractivity contribution >= 4 is 22.4 Å². The Balaban J connectivity index is 1.95. The molecule has 1 atom stereocenters. The highest BCUT2D eigenvalue weighted by molar-refractivity contribution is 5.96. The van der Waals surface area contributed by atoms with Crippen LogP contribution in [0.5, 0.6) is 0 Å². The number of hydrogen-bond acceptors (Lipinski definition) is 4. The molecule has 0 bridgehead atoms. The molecule has 0 radical (unpaired) electrons. The van der Waals surface area contributed by atoms with Crippen molar-refractivity contribution < 1.29 is 4.48 Å². The maximum atomic E-state index is 14.8. The van der Waals surface area contributed by atoms with E-state index in [0.29, 0.717) is 16.7 Å². The summed E-state index contributed by atoms with van der Waals surface area (Å²) in [6.07, 6.45) is 8.49. The Morgan fingerprint density at radius 3 is 3.00 bits per heavy atom. The number of rotatable bonds is 5. The van der Waals surface area contributed by atoms with Crippen LogP contribution in [0.4, 0.5) is 10.3 Å². The normalized spacial score (nSPS) is 16.8. The lowest BCUT2D eigenvalue weighted by Gasteiger charge is -2.21. The van der Waals surface area contributed by atoms with Gasteiger partial charge < -0.3 is 5.32 Å². The van der Waals surface area contributed by atoms with Crippen LogP contribution in [0, 0.1) is 5.92 Å². The summed E-state index contributed by atoms with van der Waals surface area (Å²) in [4.78, 5) is 8.49. The highest BCUT2D eigenvalue weighted by Crippen LogP contribution is 2.29. The van der Waals surface area contributed by atoms with Crippen molar-refractivity contribution in [2.24, 2.45) is 5.92 Å². The minimum atomic E-state index is 0.139. The van der Waals surface area contributed by atoms with E-state index in [1.165, 1.54) is 11.9 Å². The van der Waals surface area contributed by atoms with Gasteiger partial charge in [-0.1, -0.05) is 47.0 Å². The summed E-state index contributed by atoms with van der Waals surface area (Å²) in [6.45, 7) is 6.27. The lowest BCUT2D eigenvalue weighted by Crippen LogP contribution is -2.22. The number of nitrogens with one attached hydrogen (secondary N) is 1. The van der Waals surface area contributed by atoms with Crippen molar-refractivity contribution in [3.05, 3.63) is 60.5 Å². The van der Waals surface area contributed by atoms with E-state index in [0.717, 1.165) is 22.8 Å². The number of hydrogen-bond donors (Lipinski definition) is 1. The molecule has 0 fully saturated rings. The van der Waals surface area contributed by atoms with E-state index in [1.54, 1.807) is 7.05 Å². The van der Waals surface area contributed by atoms with Crippen molar-refractivity contribution in [2.45, 2.75) is 13.3 Å². The number of para-hydroxylation sites is 1. The molecule has 1 aromatic heterocycles. The van der Waals surface area contributed by atoms with Gasteiger partial charge in [0.2, 0.25) is 0 Å². The third-order valence-electron chi connectivity index (χ3n) is 4.21. The van der Waals surface area contributed by atoms with Gasteiger partial charge in [-0.25, -0.2) is 9.97 Å². The summed E-state index contributed by atoms with van der Waals surface area (Å²) in [5.41, 5.74) is 3.45. The zero-order valence-electron chi connectivity index (χ0n) is 14.0. The Bertz CT molecular complexity index is 825. The molecule has 4 nitrogen and oxygen atoms in total. The first-order valence-electron chi connectivity index (χ1n) is 7.99.